The lowest BCUT2D eigenvalue weighted by atomic mass is 9.94. The Morgan fingerprint density at radius 3 is 2.31 bits per heavy atom. The number of rotatable bonds is 5. The predicted octanol–water partition coefficient (Wildman–Crippen LogP) is 4.60. The zero-order valence-electron chi connectivity index (χ0n) is 18.9. The van der Waals surface area contributed by atoms with Crippen molar-refractivity contribution in [3.05, 3.63) is 88.7 Å². The molecule has 2 aromatic carbocycles. The molecule has 12 heteroatoms. The van der Waals surface area contributed by atoms with E-state index < -0.39 is 17.6 Å². The molecule has 1 saturated heterocycles. The monoisotopic (exact) mass is 515 g/mol. The lowest BCUT2D eigenvalue weighted by molar-refractivity contribution is -0.138. The number of carbonyl (C=O) groups excluding carboxylic acids is 1. The molecule has 0 atom stereocenters. The maximum atomic E-state index is 13.4. The van der Waals surface area contributed by atoms with Crippen LogP contribution >= 0.6 is 11.6 Å². The second kappa shape index (κ2) is 9.73. The number of aromatic nitrogens is 6. The summed E-state index contributed by atoms with van der Waals surface area (Å²) in [6.07, 6.45) is -0.377. The van der Waals surface area contributed by atoms with Gasteiger partial charge in [0.1, 0.15) is 12.4 Å². The summed E-state index contributed by atoms with van der Waals surface area (Å²) in [4.78, 5) is 15.9. The van der Waals surface area contributed by atoms with Gasteiger partial charge in [0, 0.05) is 29.7 Å². The molecule has 0 spiro atoms. The van der Waals surface area contributed by atoms with Crippen molar-refractivity contribution in [2.75, 3.05) is 13.1 Å². The summed E-state index contributed by atoms with van der Waals surface area (Å²) in [7, 11) is 0. The Morgan fingerprint density at radius 2 is 1.64 bits per heavy atom. The Bertz CT molecular complexity index is 1350. The zero-order chi connectivity index (χ0) is 25.3. The molecule has 8 nitrogen and oxygen atoms in total. The standard InChI is InChI=1S/C24H21ClF3N7O/c25-17-5-7-18(8-6-17)35-21(15-34-29-11-12-30-34)31-32-22(35)16-9-13-33(14-10-16)23(36)19-3-1-2-4-20(19)24(26,27)28/h1-8,11-12,16H,9-10,13-15H2. The van der Waals surface area contributed by atoms with Gasteiger partial charge in [-0.3, -0.25) is 9.36 Å². The van der Waals surface area contributed by atoms with E-state index in [1.54, 1.807) is 24.5 Å². The van der Waals surface area contributed by atoms with Gasteiger partial charge in [-0.05, 0) is 49.2 Å². The average Bonchev–Trinajstić information content (AvgIpc) is 3.54. The third kappa shape index (κ3) is 4.83. The smallest absolute Gasteiger partial charge is 0.339 e. The highest BCUT2D eigenvalue weighted by Crippen LogP contribution is 2.34. The van der Waals surface area contributed by atoms with Gasteiger partial charge in [0.25, 0.3) is 5.91 Å². The van der Waals surface area contributed by atoms with Crippen molar-refractivity contribution in [2.24, 2.45) is 0 Å². The molecule has 1 aliphatic rings. The molecule has 5 rings (SSSR count). The fourth-order valence-electron chi connectivity index (χ4n) is 4.45. The Hall–Kier alpha value is -3.73. The number of amides is 1. The van der Waals surface area contributed by atoms with Crippen molar-refractivity contribution in [3.63, 3.8) is 0 Å². The molecule has 0 radical (unpaired) electrons. The largest absolute Gasteiger partial charge is 0.417 e. The van der Waals surface area contributed by atoms with E-state index in [-0.39, 0.29) is 11.5 Å². The minimum absolute atomic E-state index is 0.0468. The highest BCUT2D eigenvalue weighted by atomic mass is 35.5. The second-order valence-corrected chi connectivity index (χ2v) is 8.89. The minimum atomic E-state index is -4.60. The summed E-state index contributed by atoms with van der Waals surface area (Å²) in [6, 6.07) is 12.2. The van der Waals surface area contributed by atoms with Gasteiger partial charge >= 0.3 is 6.18 Å². The van der Waals surface area contributed by atoms with Gasteiger partial charge in [0.15, 0.2) is 5.82 Å². The third-order valence-corrected chi connectivity index (χ3v) is 6.45. The first kappa shape index (κ1) is 24.0. The van der Waals surface area contributed by atoms with Crippen LogP contribution in [0, 0.1) is 0 Å². The summed E-state index contributed by atoms with van der Waals surface area (Å²) < 4.78 is 42.2. The lowest BCUT2D eigenvalue weighted by Crippen LogP contribution is -2.39. The van der Waals surface area contributed by atoms with Crippen LogP contribution in [-0.4, -0.2) is 53.7 Å². The SMILES string of the molecule is O=C(c1ccccc1C(F)(F)F)N1CCC(c2nnc(Cn3nccn3)n2-c2ccc(Cl)cc2)CC1. The number of halogens is 4. The van der Waals surface area contributed by atoms with Crippen LogP contribution in [0.2, 0.25) is 5.02 Å². The molecule has 4 aromatic rings. The Labute approximate surface area is 209 Å². The van der Waals surface area contributed by atoms with Crippen LogP contribution in [0.25, 0.3) is 5.69 Å². The molecular weight excluding hydrogens is 495 g/mol. The fraction of sp³-hybridized carbons (Fsp3) is 0.292. The van der Waals surface area contributed by atoms with Crippen molar-refractivity contribution in [3.8, 4) is 5.69 Å². The summed E-state index contributed by atoms with van der Waals surface area (Å²) in [5.74, 6) is 0.670. The number of hydrogen-bond donors (Lipinski definition) is 0. The fourth-order valence-corrected chi connectivity index (χ4v) is 4.57. The van der Waals surface area contributed by atoms with Crippen molar-refractivity contribution < 1.29 is 18.0 Å². The van der Waals surface area contributed by atoms with Gasteiger partial charge in [-0.25, -0.2) is 0 Å². The molecule has 186 valence electrons. The van der Waals surface area contributed by atoms with Gasteiger partial charge in [-0.1, -0.05) is 23.7 Å². The number of likely N-dealkylation sites (tertiary alicyclic amines) is 1. The highest BCUT2D eigenvalue weighted by Gasteiger charge is 2.37. The number of benzene rings is 2. The first-order valence-corrected chi connectivity index (χ1v) is 11.7. The van der Waals surface area contributed by atoms with E-state index in [0.717, 1.165) is 11.8 Å². The van der Waals surface area contributed by atoms with E-state index >= 15 is 0 Å². The van der Waals surface area contributed by atoms with E-state index in [1.165, 1.54) is 27.9 Å². The maximum absolute atomic E-state index is 13.4. The van der Waals surface area contributed by atoms with E-state index in [1.807, 2.05) is 16.7 Å². The van der Waals surface area contributed by atoms with Crippen LogP contribution in [-0.2, 0) is 12.7 Å². The van der Waals surface area contributed by atoms with Gasteiger partial charge < -0.3 is 4.90 Å². The maximum Gasteiger partial charge on any atom is 0.417 e. The lowest BCUT2D eigenvalue weighted by Gasteiger charge is -2.32. The van der Waals surface area contributed by atoms with Crippen molar-refractivity contribution in [1.82, 2.24) is 34.7 Å². The molecular formula is C24H21ClF3N7O. The van der Waals surface area contributed by atoms with E-state index in [9.17, 15) is 18.0 Å². The predicted molar refractivity (Wildman–Crippen MR) is 125 cm³/mol. The summed E-state index contributed by atoms with van der Waals surface area (Å²) >= 11 is 6.08. The molecule has 0 bridgehead atoms. The second-order valence-electron chi connectivity index (χ2n) is 8.46. The van der Waals surface area contributed by atoms with Crippen LogP contribution < -0.4 is 0 Å². The quantitative estimate of drug-likeness (QED) is 0.388. The minimum Gasteiger partial charge on any atom is -0.339 e. The summed E-state index contributed by atoms with van der Waals surface area (Å²) in [5, 5.41) is 17.7. The Morgan fingerprint density at radius 1 is 0.972 bits per heavy atom. The molecule has 1 fully saturated rings. The molecule has 2 aromatic heterocycles. The van der Waals surface area contributed by atoms with Gasteiger partial charge in [-0.15, -0.1) is 10.2 Å². The molecule has 0 aliphatic carbocycles. The van der Waals surface area contributed by atoms with Gasteiger partial charge in [0.2, 0.25) is 0 Å². The number of alkyl halides is 3. The summed E-state index contributed by atoms with van der Waals surface area (Å²) in [5.41, 5.74) is -0.433. The van der Waals surface area contributed by atoms with Crippen LogP contribution in [0.5, 0.6) is 0 Å². The number of piperidine rings is 1. The van der Waals surface area contributed by atoms with Crippen LogP contribution in [0.15, 0.2) is 60.9 Å². The van der Waals surface area contributed by atoms with E-state index in [0.29, 0.717) is 49.1 Å². The van der Waals surface area contributed by atoms with Crippen LogP contribution in [0.3, 0.4) is 0 Å². The molecule has 36 heavy (non-hydrogen) atoms. The first-order valence-electron chi connectivity index (χ1n) is 11.3. The summed E-state index contributed by atoms with van der Waals surface area (Å²) in [6.45, 7) is 0.909. The molecule has 0 saturated carbocycles. The highest BCUT2D eigenvalue weighted by molar-refractivity contribution is 6.30. The Balaban J connectivity index is 1.38. The molecule has 0 N–H and O–H groups in total. The molecule has 1 amide bonds. The van der Waals surface area contributed by atoms with E-state index in [2.05, 4.69) is 20.4 Å². The zero-order valence-corrected chi connectivity index (χ0v) is 19.7. The molecule has 3 heterocycles. The van der Waals surface area contributed by atoms with Crippen molar-refractivity contribution in [2.45, 2.75) is 31.5 Å². The number of nitrogens with zero attached hydrogens (tertiary/aromatic N) is 7. The average molecular weight is 516 g/mol. The van der Waals surface area contributed by atoms with Crippen molar-refractivity contribution >= 4 is 17.5 Å². The van der Waals surface area contributed by atoms with E-state index in [4.69, 9.17) is 11.6 Å². The molecule has 0 unspecified atom stereocenters. The first-order chi connectivity index (χ1) is 17.3. The molecule has 1 aliphatic heterocycles. The topological polar surface area (TPSA) is 81.7 Å². The number of carbonyl (C=O) groups is 1. The van der Waals surface area contributed by atoms with Crippen LogP contribution in [0.4, 0.5) is 13.2 Å². The van der Waals surface area contributed by atoms with Gasteiger partial charge in [-0.2, -0.15) is 28.2 Å². The number of hydrogen-bond acceptors (Lipinski definition) is 5. The Kier molecular flexibility index (Phi) is 6.48. The third-order valence-electron chi connectivity index (χ3n) is 6.20. The van der Waals surface area contributed by atoms with Gasteiger partial charge in [0.05, 0.1) is 23.5 Å². The van der Waals surface area contributed by atoms with Crippen molar-refractivity contribution in [1.29, 1.82) is 0 Å². The van der Waals surface area contributed by atoms with Crippen LogP contribution in [0.1, 0.15) is 46.3 Å². The normalized spacial score (nSPS) is 14.8.